The molecule has 0 atom stereocenters. The van der Waals surface area contributed by atoms with E-state index in [2.05, 4.69) is 35.6 Å². The molecule has 4 rings (SSSR count). The zero-order chi connectivity index (χ0) is 19.2. The third-order valence-electron chi connectivity index (χ3n) is 4.05. The Morgan fingerprint density at radius 2 is 1.96 bits per heavy atom. The molecule has 0 bridgehead atoms. The molecule has 3 aromatic heterocycles. The predicted molar refractivity (Wildman–Crippen MR) is 111 cm³/mol. The van der Waals surface area contributed by atoms with Gasteiger partial charge >= 0.3 is 0 Å². The van der Waals surface area contributed by atoms with E-state index in [-0.39, 0.29) is 0 Å². The van der Waals surface area contributed by atoms with Crippen molar-refractivity contribution in [3.63, 3.8) is 0 Å². The van der Waals surface area contributed by atoms with Gasteiger partial charge in [-0.05, 0) is 36.4 Å². The van der Waals surface area contributed by atoms with Crippen LogP contribution >= 0.6 is 11.6 Å². The van der Waals surface area contributed by atoms with Gasteiger partial charge in [0.15, 0.2) is 0 Å². The fourth-order valence-electron chi connectivity index (χ4n) is 2.75. The summed E-state index contributed by atoms with van der Waals surface area (Å²) in [5, 5.41) is 7.19. The summed E-state index contributed by atoms with van der Waals surface area (Å²) in [5.74, 6) is 1.26. The summed E-state index contributed by atoms with van der Waals surface area (Å²) < 4.78 is 0. The first-order chi connectivity index (χ1) is 13.8. The number of aromatic nitrogens is 5. The third kappa shape index (κ3) is 4.44. The van der Waals surface area contributed by atoms with Crippen molar-refractivity contribution in [3.05, 3.63) is 78.1 Å². The fraction of sp³-hybridized carbons (Fsp3) is 0.100. The molecule has 0 unspecified atom stereocenters. The second kappa shape index (κ2) is 8.49. The molecule has 0 aliphatic rings. The van der Waals surface area contributed by atoms with Crippen LogP contribution in [0.3, 0.4) is 0 Å². The molecule has 0 radical (unpaired) electrons. The highest BCUT2D eigenvalue weighted by molar-refractivity contribution is 6.30. The quantitative estimate of drug-likeness (QED) is 0.434. The van der Waals surface area contributed by atoms with Gasteiger partial charge in [0, 0.05) is 47.8 Å². The summed E-state index contributed by atoms with van der Waals surface area (Å²) in [4.78, 5) is 20.6. The Hall–Kier alpha value is -3.45. The smallest absolute Gasteiger partial charge is 0.227 e. The van der Waals surface area contributed by atoms with Gasteiger partial charge < -0.3 is 15.6 Å². The zero-order valence-corrected chi connectivity index (χ0v) is 15.7. The average molecular weight is 392 g/mol. The number of nitrogens with zero attached hydrogens (tertiary/aromatic N) is 4. The van der Waals surface area contributed by atoms with Crippen molar-refractivity contribution >= 4 is 29.1 Å². The summed E-state index contributed by atoms with van der Waals surface area (Å²) >= 11 is 6.04. The molecule has 0 amide bonds. The van der Waals surface area contributed by atoms with E-state index < -0.39 is 0 Å². The van der Waals surface area contributed by atoms with E-state index in [9.17, 15) is 0 Å². The number of halogens is 1. The number of nitrogens with one attached hydrogen (secondary N) is 3. The Balaban J connectivity index is 1.52. The van der Waals surface area contributed by atoms with Gasteiger partial charge in [-0.25, -0.2) is 19.9 Å². The molecule has 0 saturated carbocycles. The summed E-state index contributed by atoms with van der Waals surface area (Å²) in [6.45, 7) is 0.716. The van der Waals surface area contributed by atoms with Crippen molar-refractivity contribution in [3.8, 4) is 11.3 Å². The predicted octanol–water partition coefficient (Wildman–Crippen LogP) is 4.31. The molecule has 28 heavy (non-hydrogen) atoms. The van der Waals surface area contributed by atoms with Gasteiger partial charge in [0.1, 0.15) is 5.82 Å². The Bertz CT molecular complexity index is 1050. The van der Waals surface area contributed by atoms with Crippen LogP contribution < -0.4 is 10.6 Å². The summed E-state index contributed by atoms with van der Waals surface area (Å²) in [6.07, 6.45) is 7.84. The number of imidazole rings is 1. The van der Waals surface area contributed by atoms with Crippen LogP contribution in [0.2, 0.25) is 5.02 Å². The van der Waals surface area contributed by atoms with Gasteiger partial charge in [-0.1, -0.05) is 17.7 Å². The topological polar surface area (TPSA) is 91.4 Å². The molecular formula is C20H18ClN7. The fourth-order valence-corrected chi connectivity index (χ4v) is 2.94. The lowest BCUT2D eigenvalue weighted by Gasteiger charge is -2.11. The first-order valence-electron chi connectivity index (χ1n) is 8.80. The second-order valence-electron chi connectivity index (χ2n) is 6.04. The SMILES string of the molecule is Clc1cccc(Nc2nccc(-c3cccnc3NCCc3c[nH]cn3)n2)c1. The minimum absolute atomic E-state index is 0.492. The molecule has 4 aromatic rings. The lowest BCUT2D eigenvalue weighted by atomic mass is 10.2. The van der Waals surface area contributed by atoms with E-state index in [1.54, 1.807) is 18.7 Å². The normalized spacial score (nSPS) is 10.6. The van der Waals surface area contributed by atoms with Crippen molar-refractivity contribution < 1.29 is 0 Å². The molecule has 3 N–H and O–H groups in total. The summed E-state index contributed by atoms with van der Waals surface area (Å²) in [7, 11) is 0. The summed E-state index contributed by atoms with van der Waals surface area (Å²) in [5.41, 5.74) is 3.50. The standard InChI is InChI=1S/C20H18ClN7/c21-14-3-1-4-15(11-14)27-20-25-10-7-18(28-20)17-5-2-8-23-19(17)24-9-6-16-12-22-13-26-16/h1-5,7-8,10-13H,6,9H2,(H,22,26)(H,23,24)(H,25,27,28). The highest BCUT2D eigenvalue weighted by Gasteiger charge is 2.09. The van der Waals surface area contributed by atoms with Gasteiger partial charge in [-0.2, -0.15) is 0 Å². The van der Waals surface area contributed by atoms with E-state index in [1.165, 1.54) is 0 Å². The molecular weight excluding hydrogens is 374 g/mol. The van der Waals surface area contributed by atoms with Crippen LogP contribution in [0.25, 0.3) is 11.3 Å². The molecule has 1 aromatic carbocycles. The van der Waals surface area contributed by atoms with Crippen LogP contribution in [0.15, 0.2) is 67.4 Å². The molecule has 140 valence electrons. The number of benzene rings is 1. The molecule has 8 heteroatoms. The molecule has 0 aliphatic carbocycles. The third-order valence-corrected chi connectivity index (χ3v) is 4.28. The van der Waals surface area contributed by atoms with Crippen LogP contribution in [0, 0.1) is 0 Å². The Labute approximate surface area is 167 Å². The number of pyridine rings is 1. The van der Waals surface area contributed by atoms with Crippen molar-refractivity contribution in [1.82, 2.24) is 24.9 Å². The number of rotatable bonds is 7. The number of hydrogen-bond acceptors (Lipinski definition) is 6. The molecule has 0 spiro atoms. The first kappa shape index (κ1) is 17.9. The molecule has 0 aliphatic heterocycles. The van der Waals surface area contributed by atoms with Gasteiger partial charge in [0.05, 0.1) is 17.7 Å². The number of H-pyrrole nitrogens is 1. The highest BCUT2D eigenvalue weighted by atomic mass is 35.5. The largest absolute Gasteiger partial charge is 0.369 e. The van der Waals surface area contributed by atoms with Gasteiger partial charge in [0.25, 0.3) is 0 Å². The van der Waals surface area contributed by atoms with Crippen molar-refractivity contribution in [2.24, 2.45) is 0 Å². The number of aromatic amines is 1. The molecule has 7 nitrogen and oxygen atoms in total. The van der Waals surface area contributed by atoms with Crippen molar-refractivity contribution in [1.29, 1.82) is 0 Å². The van der Waals surface area contributed by atoms with Crippen LogP contribution in [-0.2, 0) is 6.42 Å². The maximum absolute atomic E-state index is 6.04. The lowest BCUT2D eigenvalue weighted by molar-refractivity contribution is 0.968. The van der Waals surface area contributed by atoms with Crippen molar-refractivity contribution in [2.75, 3.05) is 17.2 Å². The Morgan fingerprint density at radius 1 is 1.00 bits per heavy atom. The average Bonchev–Trinajstić information content (AvgIpc) is 3.22. The second-order valence-corrected chi connectivity index (χ2v) is 6.47. The maximum atomic E-state index is 6.04. The minimum atomic E-state index is 0.492. The van der Waals surface area contributed by atoms with Crippen molar-refractivity contribution in [2.45, 2.75) is 6.42 Å². The molecule has 3 heterocycles. The van der Waals surface area contributed by atoms with Gasteiger partial charge in [-0.3, -0.25) is 0 Å². The van der Waals surface area contributed by atoms with E-state index in [1.807, 2.05) is 48.7 Å². The minimum Gasteiger partial charge on any atom is -0.369 e. The number of anilines is 3. The number of hydrogen-bond donors (Lipinski definition) is 3. The van der Waals surface area contributed by atoms with E-state index in [4.69, 9.17) is 11.6 Å². The zero-order valence-electron chi connectivity index (χ0n) is 14.9. The van der Waals surface area contributed by atoms with Crippen LogP contribution in [-0.4, -0.2) is 31.5 Å². The van der Waals surface area contributed by atoms with Gasteiger partial charge in [-0.15, -0.1) is 0 Å². The van der Waals surface area contributed by atoms with Crippen LogP contribution in [0.4, 0.5) is 17.5 Å². The van der Waals surface area contributed by atoms with E-state index in [0.717, 1.165) is 34.9 Å². The van der Waals surface area contributed by atoms with Crippen LogP contribution in [0.1, 0.15) is 5.69 Å². The Morgan fingerprint density at radius 3 is 2.82 bits per heavy atom. The van der Waals surface area contributed by atoms with Crippen LogP contribution in [0.5, 0.6) is 0 Å². The van der Waals surface area contributed by atoms with Gasteiger partial charge in [0.2, 0.25) is 5.95 Å². The Kier molecular flexibility index (Phi) is 5.44. The first-order valence-corrected chi connectivity index (χ1v) is 9.18. The van der Waals surface area contributed by atoms with E-state index >= 15 is 0 Å². The summed E-state index contributed by atoms with van der Waals surface area (Å²) in [6, 6.07) is 13.2. The lowest BCUT2D eigenvalue weighted by Crippen LogP contribution is -2.08. The molecule has 0 saturated heterocycles. The maximum Gasteiger partial charge on any atom is 0.227 e. The monoisotopic (exact) mass is 391 g/mol. The van der Waals surface area contributed by atoms with E-state index in [0.29, 0.717) is 17.5 Å². The molecule has 0 fully saturated rings. The highest BCUT2D eigenvalue weighted by Crippen LogP contribution is 2.25.